The number of hydrogen-bond acceptors (Lipinski definition) is 5. The number of nitrogens with zero attached hydrogens (tertiary/aromatic N) is 3. The van der Waals surface area contributed by atoms with Crippen LogP contribution in [0.5, 0.6) is 0 Å². The van der Waals surface area contributed by atoms with Crippen LogP contribution in [0.25, 0.3) is 0 Å². The van der Waals surface area contributed by atoms with E-state index in [1.807, 2.05) is 24.3 Å². The number of hydrazine groups is 1. The minimum atomic E-state index is -0.250. The molecule has 2 N–H and O–H groups in total. The van der Waals surface area contributed by atoms with Gasteiger partial charge in [0.15, 0.2) is 5.82 Å². The highest BCUT2D eigenvalue weighted by molar-refractivity contribution is 5.93. The standard InChI is InChI=1S/C14H11N5O/c20-14(10-5-7-15-8-6-10)19-16-9-13-17-11-3-1-2-4-12(11)18-13/h1-9,16H,(H,19,20). The highest BCUT2D eigenvalue weighted by Crippen LogP contribution is 1.98. The van der Waals surface area contributed by atoms with Crippen LogP contribution in [0.3, 0.4) is 0 Å². The molecule has 0 fully saturated rings. The van der Waals surface area contributed by atoms with Crippen molar-refractivity contribution in [2.45, 2.75) is 0 Å². The summed E-state index contributed by atoms with van der Waals surface area (Å²) in [6.07, 6.45) is 4.66. The van der Waals surface area contributed by atoms with Crippen molar-refractivity contribution in [3.8, 4) is 0 Å². The van der Waals surface area contributed by atoms with Crippen LogP contribution < -0.4 is 21.6 Å². The third-order valence-corrected chi connectivity index (χ3v) is 2.68. The van der Waals surface area contributed by atoms with E-state index < -0.39 is 0 Å². The molecule has 1 aliphatic rings. The lowest BCUT2D eigenvalue weighted by Gasteiger charge is -2.03. The summed E-state index contributed by atoms with van der Waals surface area (Å²) in [5, 5.41) is 1.64. The second-order valence-electron chi connectivity index (χ2n) is 4.05. The molecule has 0 saturated heterocycles. The number of carbonyl (C=O) groups excluding carboxylic acids is 1. The van der Waals surface area contributed by atoms with Gasteiger partial charge in [-0.25, -0.2) is 9.98 Å². The van der Waals surface area contributed by atoms with Crippen LogP contribution in [-0.4, -0.2) is 10.9 Å². The Morgan fingerprint density at radius 1 is 1.00 bits per heavy atom. The average molecular weight is 265 g/mol. The van der Waals surface area contributed by atoms with Gasteiger partial charge in [-0.15, -0.1) is 0 Å². The summed E-state index contributed by atoms with van der Waals surface area (Å²) in [6.45, 7) is 0. The van der Waals surface area contributed by atoms with Crippen molar-refractivity contribution in [3.63, 3.8) is 0 Å². The van der Waals surface area contributed by atoms with Gasteiger partial charge in [-0.1, -0.05) is 12.1 Å². The average Bonchev–Trinajstić information content (AvgIpc) is 2.90. The molecule has 0 atom stereocenters. The minimum absolute atomic E-state index is 0.250. The van der Waals surface area contributed by atoms with Crippen molar-refractivity contribution in [1.82, 2.24) is 15.8 Å². The van der Waals surface area contributed by atoms with E-state index in [2.05, 4.69) is 25.8 Å². The lowest BCUT2D eigenvalue weighted by atomic mass is 10.3. The molecule has 0 bridgehead atoms. The molecule has 20 heavy (non-hydrogen) atoms. The molecule has 0 spiro atoms. The van der Waals surface area contributed by atoms with Crippen LogP contribution in [0.1, 0.15) is 10.4 Å². The number of rotatable bonds is 3. The molecule has 6 heteroatoms. The number of aromatic nitrogens is 1. The Hall–Kier alpha value is -3.02. The Morgan fingerprint density at radius 3 is 2.30 bits per heavy atom. The lowest BCUT2D eigenvalue weighted by Crippen LogP contribution is -2.33. The normalized spacial score (nSPS) is 11.9. The SMILES string of the molecule is O=C(NNC=C1N=c2ccccc2=N1)c1ccncc1. The molecule has 0 unspecified atom stereocenters. The second kappa shape index (κ2) is 5.31. The number of hydrogen-bond donors (Lipinski definition) is 2. The van der Waals surface area contributed by atoms with Gasteiger partial charge in [0.25, 0.3) is 5.91 Å². The lowest BCUT2D eigenvalue weighted by molar-refractivity contribution is 0.0941. The molecule has 0 saturated carbocycles. The Bertz CT molecular complexity index is 746. The first kappa shape index (κ1) is 12.0. The molecule has 1 aromatic heterocycles. The van der Waals surface area contributed by atoms with Crippen molar-refractivity contribution in [2.24, 2.45) is 9.98 Å². The number of para-hydroxylation sites is 2. The molecular formula is C14H11N5O. The van der Waals surface area contributed by atoms with Gasteiger partial charge in [0, 0.05) is 18.0 Å². The molecule has 2 heterocycles. The smallest absolute Gasteiger partial charge is 0.269 e. The van der Waals surface area contributed by atoms with Gasteiger partial charge < -0.3 is 5.43 Å². The van der Waals surface area contributed by atoms with E-state index in [1.165, 1.54) is 0 Å². The third kappa shape index (κ3) is 2.54. The number of benzene rings is 1. The fraction of sp³-hybridized carbons (Fsp3) is 0. The summed E-state index contributed by atoms with van der Waals surface area (Å²) >= 11 is 0. The van der Waals surface area contributed by atoms with Gasteiger partial charge in [-0.2, -0.15) is 0 Å². The van der Waals surface area contributed by atoms with Crippen molar-refractivity contribution in [3.05, 3.63) is 77.1 Å². The van der Waals surface area contributed by atoms with Gasteiger partial charge in [0.2, 0.25) is 0 Å². The van der Waals surface area contributed by atoms with E-state index in [9.17, 15) is 4.79 Å². The maximum atomic E-state index is 11.7. The molecular weight excluding hydrogens is 254 g/mol. The topological polar surface area (TPSA) is 78.7 Å². The summed E-state index contributed by atoms with van der Waals surface area (Å²) < 4.78 is 0. The van der Waals surface area contributed by atoms with Crippen molar-refractivity contribution in [2.75, 3.05) is 0 Å². The predicted molar refractivity (Wildman–Crippen MR) is 71.7 cm³/mol. The first-order valence-electron chi connectivity index (χ1n) is 6.01. The summed E-state index contributed by atoms with van der Waals surface area (Å²) in [5.74, 6) is 0.265. The van der Waals surface area contributed by atoms with E-state index in [1.54, 1.807) is 30.7 Å². The van der Waals surface area contributed by atoms with Gasteiger partial charge in [0.1, 0.15) is 0 Å². The Morgan fingerprint density at radius 2 is 1.65 bits per heavy atom. The fourth-order valence-corrected chi connectivity index (χ4v) is 1.73. The van der Waals surface area contributed by atoms with Crippen molar-refractivity contribution < 1.29 is 4.79 Å². The van der Waals surface area contributed by atoms with E-state index in [-0.39, 0.29) is 5.91 Å². The van der Waals surface area contributed by atoms with E-state index >= 15 is 0 Å². The van der Waals surface area contributed by atoms with Gasteiger partial charge >= 0.3 is 0 Å². The van der Waals surface area contributed by atoms with Gasteiger partial charge in [0.05, 0.1) is 16.9 Å². The monoisotopic (exact) mass is 265 g/mol. The first-order chi connectivity index (χ1) is 9.83. The molecule has 1 aliphatic heterocycles. The zero-order chi connectivity index (χ0) is 13.8. The highest BCUT2D eigenvalue weighted by Gasteiger charge is 2.03. The molecule has 6 nitrogen and oxygen atoms in total. The van der Waals surface area contributed by atoms with E-state index in [4.69, 9.17) is 0 Å². The largest absolute Gasteiger partial charge is 0.302 e. The van der Waals surface area contributed by atoms with Crippen LogP contribution in [0, 0.1) is 0 Å². The van der Waals surface area contributed by atoms with Crippen LogP contribution in [0.4, 0.5) is 0 Å². The number of nitrogens with one attached hydrogen (secondary N) is 2. The quantitative estimate of drug-likeness (QED) is 0.771. The molecule has 0 radical (unpaired) electrons. The molecule has 1 amide bonds. The molecule has 98 valence electrons. The maximum absolute atomic E-state index is 11.7. The Labute approximate surface area is 114 Å². The predicted octanol–water partition coefficient (Wildman–Crippen LogP) is 0.0679. The Balaban J connectivity index is 1.65. The summed E-state index contributed by atoms with van der Waals surface area (Å²) in [5.41, 5.74) is 5.75. The summed E-state index contributed by atoms with van der Waals surface area (Å²) in [7, 11) is 0. The third-order valence-electron chi connectivity index (χ3n) is 2.68. The van der Waals surface area contributed by atoms with Crippen molar-refractivity contribution in [1.29, 1.82) is 0 Å². The van der Waals surface area contributed by atoms with Crippen LogP contribution in [-0.2, 0) is 0 Å². The molecule has 0 aliphatic carbocycles. The number of amides is 1. The zero-order valence-electron chi connectivity index (χ0n) is 10.4. The molecule has 3 rings (SSSR count). The number of carbonyl (C=O) groups is 1. The van der Waals surface area contributed by atoms with Gasteiger partial charge in [-0.05, 0) is 24.3 Å². The van der Waals surface area contributed by atoms with Gasteiger partial charge in [-0.3, -0.25) is 15.2 Å². The minimum Gasteiger partial charge on any atom is -0.302 e. The van der Waals surface area contributed by atoms with Crippen molar-refractivity contribution >= 4 is 5.91 Å². The summed E-state index contributed by atoms with van der Waals surface area (Å²) in [6, 6.07) is 10.8. The zero-order valence-corrected chi connectivity index (χ0v) is 10.4. The number of pyridine rings is 1. The fourth-order valence-electron chi connectivity index (χ4n) is 1.73. The van der Waals surface area contributed by atoms with Crippen LogP contribution >= 0.6 is 0 Å². The highest BCUT2D eigenvalue weighted by atomic mass is 16.2. The van der Waals surface area contributed by atoms with Crippen LogP contribution in [0.15, 0.2) is 70.8 Å². The molecule has 1 aromatic carbocycles. The van der Waals surface area contributed by atoms with E-state index in [0.29, 0.717) is 11.4 Å². The summed E-state index contributed by atoms with van der Waals surface area (Å²) in [4.78, 5) is 24.2. The first-order valence-corrected chi connectivity index (χ1v) is 6.01. The number of fused-ring (bicyclic) bond motifs is 1. The van der Waals surface area contributed by atoms with Crippen LogP contribution in [0.2, 0.25) is 0 Å². The second-order valence-corrected chi connectivity index (χ2v) is 4.05. The van der Waals surface area contributed by atoms with E-state index in [0.717, 1.165) is 10.7 Å². The molecule has 2 aromatic rings. The Kier molecular flexibility index (Phi) is 3.20. The maximum Gasteiger partial charge on any atom is 0.269 e.